The van der Waals surface area contributed by atoms with Crippen molar-refractivity contribution in [2.75, 3.05) is 52.4 Å². The zero-order valence-corrected chi connectivity index (χ0v) is 36.0. The van der Waals surface area contributed by atoms with Crippen LogP contribution >= 0.6 is 11.8 Å². The van der Waals surface area contributed by atoms with Crippen molar-refractivity contribution in [3.8, 4) is 5.75 Å². The number of benzene rings is 2. The summed E-state index contributed by atoms with van der Waals surface area (Å²) in [6, 6.07) is 17.4. The number of nitrogens with zero attached hydrogens (tertiary/aromatic N) is 4. The zero-order chi connectivity index (χ0) is 42.1. The Labute approximate surface area is 342 Å². The highest BCUT2D eigenvalue weighted by Crippen LogP contribution is 2.42. The van der Waals surface area contributed by atoms with E-state index in [9.17, 15) is 24.0 Å². The summed E-state index contributed by atoms with van der Waals surface area (Å²) in [4.78, 5) is 77.0. The summed E-state index contributed by atoms with van der Waals surface area (Å²) < 4.78 is 4.81. The fraction of sp³-hybridized carbons (Fsp3) is 0.500. The second-order valence-corrected chi connectivity index (χ2v) is 18.2. The molecule has 5 heterocycles. The van der Waals surface area contributed by atoms with Crippen molar-refractivity contribution in [1.29, 1.82) is 0 Å². The first-order valence-electron chi connectivity index (χ1n) is 19.4. The summed E-state index contributed by atoms with van der Waals surface area (Å²) in [7, 11) is 5.21. The zero-order valence-electron chi connectivity index (χ0n) is 35.2. The van der Waals surface area contributed by atoms with Crippen LogP contribution in [0.25, 0.3) is 0 Å². The number of amides is 5. The fourth-order valence-corrected chi connectivity index (χ4v) is 8.22. The van der Waals surface area contributed by atoms with Gasteiger partial charge in [-0.1, -0.05) is 58.9 Å². The maximum Gasteiger partial charge on any atom is 0.270 e. The van der Waals surface area contributed by atoms with Crippen LogP contribution < -0.4 is 15.4 Å². The minimum atomic E-state index is -1.00. The predicted molar refractivity (Wildman–Crippen MR) is 226 cm³/mol. The van der Waals surface area contributed by atoms with E-state index in [1.165, 1.54) is 18.0 Å². The van der Waals surface area contributed by atoms with E-state index in [-0.39, 0.29) is 66.6 Å². The van der Waals surface area contributed by atoms with Gasteiger partial charge in [0.25, 0.3) is 11.8 Å². The molecule has 4 aliphatic heterocycles. The molecule has 2 aromatic carbocycles. The summed E-state index contributed by atoms with van der Waals surface area (Å²) >= 11 is 1.44. The van der Waals surface area contributed by atoms with E-state index in [0.29, 0.717) is 42.9 Å². The monoisotopic (exact) mass is 800 g/mol. The molecule has 57 heavy (non-hydrogen) atoms. The molecule has 6 bridgehead atoms. The lowest BCUT2D eigenvalue weighted by Gasteiger charge is -2.44. The Kier molecular flexibility index (Phi) is 15.0. The van der Waals surface area contributed by atoms with Gasteiger partial charge < -0.3 is 30.1 Å². The highest BCUT2D eigenvalue weighted by molar-refractivity contribution is 8.00. The summed E-state index contributed by atoms with van der Waals surface area (Å²) in [5.74, 6) is -0.509. The molecule has 0 saturated heterocycles. The number of nitrogens with one attached hydrogen (secondary N) is 2. The molecule has 5 amide bonds. The molecular weight excluding hydrogens is 741 g/mol. The van der Waals surface area contributed by atoms with E-state index in [2.05, 4.69) is 36.4 Å². The normalized spacial score (nSPS) is 21.3. The Morgan fingerprint density at radius 3 is 2.12 bits per heavy atom. The van der Waals surface area contributed by atoms with Gasteiger partial charge in [0.05, 0.1) is 18.8 Å². The number of anilines is 1. The van der Waals surface area contributed by atoms with Crippen LogP contribution in [-0.4, -0.2) is 107 Å². The first kappa shape index (κ1) is 44.8. The standard InChI is InChI=1S/C44H60N6O6S/c1-30-44(57-10,29-42(2,3)4)41(55)47-34-16-14-31(15-17-34)20-21-48(7)37(51)25-43(5,6)26-38(52)49(8)22-23-56-35-18-19-36(45-28-35)39(53)46-27-32-12-11-13-33(24-32)40(54)50(30)9/h11-19,24,28,30H,20-23,25-27,29H2,1-10H3,(H,46,53)(H,47,55)/t30-,44-/m1/s1. The third kappa shape index (κ3) is 12.3. The van der Waals surface area contributed by atoms with Crippen molar-refractivity contribution in [3.05, 3.63) is 89.2 Å². The number of likely N-dealkylation sites (N-methyl/N-ethyl adjacent to an activating group) is 2. The Balaban J connectivity index is 1.62. The van der Waals surface area contributed by atoms with E-state index in [0.717, 1.165) is 11.1 Å². The van der Waals surface area contributed by atoms with Crippen LogP contribution in [0.1, 0.15) is 92.8 Å². The molecule has 2 N–H and O–H groups in total. The average molecular weight is 801 g/mol. The van der Waals surface area contributed by atoms with Gasteiger partial charge in [0.15, 0.2) is 0 Å². The molecule has 0 fully saturated rings. The molecule has 0 aliphatic carbocycles. The third-order valence-corrected chi connectivity index (χ3v) is 11.9. The first-order chi connectivity index (χ1) is 26.7. The summed E-state index contributed by atoms with van der Waals surface area (Å²) in [5.41, 5.74) is 2.21. The molecule has 12 nitrogen and oxygen atoms in total. The number of hydrogen-bond donors (Lipinski definition) is 2. The molecule has 308 valence electrons. The number of thioether (sulfide) groups is 1. The number of hydrogen-bond acceptors (Lipinski definition) is 8. The second-order valence-electron chi connectivity index (χ2n) is 17.1. The molecule has 0 saturated carbocycles. The van der Waals surface area contributed by atoms with Crippen LogP contribution in [0.2, 0.25) is 0 Å². The van der Waals surface area contributed by atoms with Crippen LogP contribution in [0.5, 0.6) is 5.75 Å². The molecule has 0 radical (unpaired) electrons. The SMILES string of the molecule is CS[C@@]1(CC(C)(C)C)C(=O)Nc2ccc(cc2)CCN(C)C(=O)CC(C)(C)CC(=O)N(C)CCOc2ccc(nc2)C(=O)NCc2cccc(c2)C(=O)N(C)[C@@H]1C. The summed E-state index contributed by atoms with van der Waals surface area (Å²) in [6.07, 6.45) is 4.90. The maximum atomic E-state index is 14.4. The minimum Gasteiger partial charge on any atom is -0.490 e. The van der Waals surface area contributed by atoms with E-state index in [1.807, 2.05) is 57.4 Å². The fourth-order valence-electron chi connectivity index (χ4n) is 6.91. The van der Waals surface area contributed by atoms with Crippen LogP contribution in [0.4, 0.5) is 5.69 Å². The number of carbonyl (C=O) groups excluding carboxylic acids is 5. The lowest BCUT2D eigenvalue weighted by atomic mass is 9.79. The predicted octanol–water partition coefficient (Wildman–Crippen LogP) is 6.31. The third-order valence-electron chi connectivity index (χ3n) is 10.5. The number of ether oxygens (including phenoxy) is 1. The van der Waals surface area contributed by atoms with Crippen molar-refractivity contribution >= 4 is 47.0 Å². The average Bonchev–Trinajstić information content (AvgIpc) is 3.16. The van der Waals surface area contributed by atoms with Gasteiger partial charge in [-0.2, -0.15) is 0 Å². The van der Waals surface area contributed by atoms with Crippen molar-refractivity contribution in [2.45, 2.75) is 84.6 Å². The first-order valence-corrected chi connectivity index (χ1v) is 20.6. The number of aromatic nitrogens is 1. The molecule has 1 aromatic heterocycles. The number of rotatable bonds is 2. The molecule has 13 heteroatoms. The van der Waals surface area contributed by atoms with E-state index in [1.54, 1.807) is 66.2 Å². The van der Waals surface area contributed by atoms with Gasteiger partial charge >= 0.3 is 0 Å². The van der Waals surface area contributed by atoms with Gasteiger partial charge in [0, 0.05) is 58.3 Å². The van der Waals surface area contributed by atoms with Crippen LogP contribution in [0.15, 0.2) is 66.9 Å². The van der Waals surface area contributed by atoms with Crippen molar-refractivity contribution in [2.24, 2.45) is 10.8 Å². The van der Waals surface area contributed by atoms with Gasteiger partial charge in [-0.05, 0) is 84.4 Å². The van der Waals surface area contributed by atoms with Crippen LogP contribution in [0.3, 0.4) is 0 Å². The van der Waals surface area contributed by atoms with Crippen molar-refractivity contribution in [3.63, 3.8) is 0 Å². The molecule has 7 rings (SSSR count). The lowest BCUT2D eigenvalue weighted by Crippen LogP contribution is -2.57. The largest absolute Gasteiger partial charge is 0.490 e. The van der Waals surface area contributed by atoms with Crippen molar-refractivity contribution in [1.82, 2.24) is 25.0 Å². The quantitative estimate of drug-likeness (QED) is 0.308. The van der Waals surface area contributed by atoms with Crippen LogP contribution in [0, 0.1) is 10.8 Å². The minimum absolute atomic E-state index is 0.0455. The van der Waals surface area contributed by atoms with E-state index >= 15 is 0 Å². The van der Waals surface area contributed by atoms with E-state index in [4.69, 9.17) is 4.74 Å². The van der Waals surface area contributed by atoms with Crippen molar-refractivity contribution < 1.29 is 28.7 Å². The van der Waals surface area contributed by atoms with Crippen LogP contribution in [-0.2, 0) is 27.3 Å². The van der Waals surface area contributed by atoms with Gasteiger partial charge in [-0.15, -0.1) is 11.8 Å². The summed E-state index contributed by atoms with van der Waals surface area (Å²) in [6.45, 7) is 13.2. The Bertz CT molecular complexity index is 1890. The summed E-state index contributed by atoms with van der Waals surface area (Å²) in [5, 5.41) is 6.02. The molecule has 0 unspecified atom stereocenters. The Hall–Kier alpha value is -4.91. The van der Waals surface area contributed by atoms with Gasteiger partial charge in [-0.25, -0.2) is 4.98 Å². The van der Waals surface area contributed by atoms with E-state index < -0.39 is 16.2 Å². The number of pyridine rings is 1. The second kappa shape index (κ2) is 19.0. The van der Waals surface area contributed by atoms with Gasteiger partial charge in [0.2, 0.25) is 17.7 Å². The molecule has 0 spiro atoms. The maximum absolute atomic E-state index is 14.4. The molecule has 2 atom stereocenters. The number of carbonyl (C=O) groups is 5. The van der Waals surface area contributed by atoms with Gasteiger partial charge in [0.1, 0.15) is 22.8 Å². The van der Waals surface area contributed by atoms with Gasteiger partial charge in [-0.3, -0.25) is 24.0 Å². The Morgan fingerprint density at radius 1 is 0.877 bits per heavy atom. The Morgan fingerprint density at radius 2 is 1.53 bits per heavy atom. The molecule has 3 aromatic rings. The highest BCUT2D eigenvalue weighted by Gasteiger charge is 2.48. The molecule has 4 aliphatic rings. The highest BCUT2D eigenvalue weighted by atomic mass is 32.2. The smallest absolute Gasteiger partial charge is 0.270 e. The molecular formula is C44H60N6O6S. The topological polar surface area (TPSA) is 141 Å². The lowest BCUT2D eigenvalue weighted by molar-refractivity contribution is -0.135.